The van der Waals surface area contributed by atoms with Crippen LogP contribution in [-0.2, 0) is 14.3 Å². The van der Waals surface area contributed by atoms with Crippen LogP contribution >= 0.6 is 0 Å². The average Bonchev–Trinajstić information content (AvgIpc) is 2.87. The lowest BCUT2D eigenvalue weighted by atomic mass is 9.74. The lowest BCUT2D eigenvalue weighted by Crippen LogP contribution is -2.35. The number of fused-ring (bicyclic) bond motifs is 2. The first-order valence-corrected chi connectivity index (χ1v) is 7.45. The fraction of sp³-hybridized carbons (Fsp3) is 0.933. The predicted molar refractivity (Wildman–Crippen MR) is 69.9 cm³/mol. The molecule has 0 radical (unpaired) electrons. The fourth-order valence-electron chi connectivity index (χ4n) is 4.44. The first-order valence-electron chi connectivity index (χ1n) is 7.45. The molecule has 3 heteroatoms. The van der Waals surface area contributed by atoms with Crippen LogP contribution in [-0.4, -0.2) is 18.9 Å². The minimum Gasteiger partial charge on any atom is -0.438 e. The molecule has 0 spiro atoms. The van der Waals surface area contributed by atoms with Crippen molar-refractivity contribution in [1.29, 1.82) is 0 Å². The minimum absolute atomic E-state index is 0.308. The maximum absolute atomic E-state index is 10.3. The van der Waals surface area contributed by atoms with Crippen molar-refractivity contribution >= 4 is 6.47 Å². The molecule has 2 rings (SSSR count). The molecule has 3 nitrogen and oxygen atoms in total. The van der Waals surface area contributed by atoms with Crippen LogP contribution in [0.4, 0.5) is 0 Å². The average molecular weight is 254 g/mol. The summed E-state index contributed by atoms with van der Waals surface area (Å²) in [6.45, 7) is 6.88. The van der Waals surface area contributed by atoms with Crippen molar-refractivity contribution in [2.45, 2.75) is 65.3 Å². The van der Waals surface area contributed by atoms with Crippen LogP contribution in [0.2, 0.25) is 0 Å². The molecule has 0 aromatic carbocycles. The Labute approximate surface area is 110 Å². The third-order valence-electron chi connectivity index (χ3n) is 5.00. The van der Waals surface area contributed by atoms with Crippen molar-refractivity contribution in [3.63, 3.8) is 0 Å². The summed E-state index contributed by atoms with van der Waals surface area (Å²) in [6, 6.07) is 0. The number of rotatable bonds is 7. The largest absolute Gasteiger partial charge is 0.438 e. The molecule has 18 heavy (non-hydrogen) atoms. The topological polar surface area (TPSA) is 35.5 Å². The van der Waals surface area contributed by atoms with E-state index in [0.717, 1.165) is 17.8 Å². The van der Waals surface area contributed by atoms with Gasteiger partial charge in [-0.25, -0.2) is 0 Å². The molecule has 2 bridgehead atoms. The summed E-state index contributed by atoms with van der Waals surface area (Å²) >= 11 is 0. The summed E-state index contributed by atoms with van der Waals surface area (Å²) in [6.07, 6.45) is 6.32. The Morgan fingerprint density at radius 3 is 2.67 bits per heavy atom. The fourth-order valence-corrected chi connectivity index (χ4v) is 4.44. The third-order valence-corrected chi connectivity index (χ3v) is 5.00. The second-order valence-electron chi connectivity index (χ2n) is 5.89. The van der Waals surface area contributed by atoms with Gasteiger partial charge in [-0.15, -0.1) is 0 Å². The van der Waals surface area contributed by atoms with Gasteiger partial charge in [0.25, 0.3) is 6.47 Å². The van der Waals surface area contributed by atoms with Gasteiger partial charge in [0.05, 0.1) is 6.10 Å². The van der Waals surface area contributed by atoms with E-state index in [-0.39, 0.29) is 0 Å². The van der Waals surface area contributed by atoms with Gasteiger partial charge < -0.3 is 9.47 Å². The highest BCUT2D eigenvalue weighted by molar-refractivity contribution is 5.37. The monoisotopic (exact) mass is 254 g/mol. The van der Waals surface area contributed by atoms with E-state index in [0.29, 0.717) is 18.5 Å². The molecule has 0 amide bonds. The lowest BCUT2D eigenvalue weighted by molar-refractivity contribution is -0.180. The molecular weight excluding hydrogens is 228 g/mol. The molecule has 6 atom stereocenters. The Bertz CT molecular complexity index is 279. The number of hydrogen-bond donors (Lipinski definition) is 0. The molecule has 0 heterocycles. The summed E-state index contributed by atoms with van der Waals surface area (Å²) in [5.74, 6) is 3.26. The molecule has 104 valence electrons. The molecule has 2 aliphatic rings. The zero-order valence-electron chi connectivity index (χ0n) is 11.8. The Hall–Kier alpha value is -0.570. The summed E-state index contributed by atoms with van der Waals surface area (Å²) < 4.78 is 10.7. The van der Waals surface area contributed by atoms with E-state index in [9.17, 15) is 4.79 Å². The Morgan fingerprint density at radius 2 is 2.06 bits per heavy atom. The van der Waals surface area contributed by atoms with Gasteiger partial charge in [-0.1, -0.05) is 33.1 Å². The van der Waals surface area contributed by atoms with Crippen molar-refractivity contribution in [3.8, 4) is 0 Å². The number of carbonyl (C=O) groups is 1. The molecule has 0 aromatic heterocycles. The smallest absolute Gasteiger partial charge is 0.295 e. The molecule has 2 fully saturated rings. The molecule has 0 aromatic rings. The zero-order valence-corrected chi connectivity index (χ0v) is 11.8. The maximum Gasteiger partial charge on any atom is 0.295 e. The van der Waals surface area contributed by atoms with Gasteiger partial charge in [0, 0.05) is 0 Å². The van der Waals surface area contributed by atoms with Crippen LogP contribution in [0, 0.1) is 23.7 Å². The maximum atomic E-state index is 10.3. The second-order valence-corrected chi connectivity index (χ2v) is 5.89. The van der Waals surface area contributed by atoms with E-state index in [2.05, 4.69) is 13.8 Å². The first-order chi connectivity index (χ1) is 8.71. The Kier molecular flexibility index (Phi) is 4.66. The van der Waals surface area contributed by atoms with E-state index in [1.54, 1.807) is 0 Å². The van der Waals surface area contributed by atoms with E-state index >= 15 is 0 Å². The summed E-state index contributed by atoms with van der Waals surface area (Å²) in [5.41, 5.74) is 0. The lowest BCUT2D eigenvalue weighted by Gasteiger charge is -2.36. The molecule has 0 N–H and O–H groups in total. The van der Waals surface area contributed by atoms with Crippen molar-refractivity contribution in [1.82, 2.24) is 0 Å². The van der Waals surface area contributed by atoms with E-state index in [1.807, 2.05) is 6.92 Å². The van der Waals surface area contributed by atoms with Crippen LogP contribution in [0.25, 0.3) is 0 Å². The number of ether oxygens (including phenoxy) is 2. The van der Waals surface area contributed by atoms with Gasteiger partial charge >= 0.3 is 0 Å². The van der Waals surface area contributed by atoms with Gasteiger partial charge in [-0.05, 0) is 43.4 Å². The first kappa shape index (κ1) is 13.9. The minimum atomic E-state index is -0.394. The third kappa shape index (κ3) is 2.56. The molecule has 2 aliphatic carbocycles. The highest BCUT2D eigenvalue weighted by Crippen LogP contribution is 2.56. The van der Waals surface area contributed by atoms with Gasteiger partial charge in [-0.2, -0.15) is 0 Å². The van der Waals surface area contributed by atoms with Gasteiger partial charge in [0.1, 0.15) is 0 Å². The standard InChI is InChI=1S/C15H26O3/c1-4-6-13-11-7-14(12(13)5-2)15(8-11)18-10(3)17-9-16/h9-15H,4-8H2,1-3H3. The van der Waals surface area contributed by atoms with Crippen molar-refractivity contribution < 1.29 is 14.3 Å². The van der Waals surface area contributed by atoms with Crippen molar-refractivity contribution in [2.75, 3.05) is 0 Å². The van der Waals surface area contributed by atoms with E-state index in [1.165, 1.54) is 32.1 Å². The SMILES string of the molecule is CCCC1C2CC(OC(C)OC=O)C(C2)C1CC. The van der Waals surface area contributed by atoms with Crippen molar-refractivity contribution in [2.24, 2.45) is 23.7 Å². The number of carbonyl (C=O) groups excluding carboxylic acids is 1. The normalized spacial score (nSPS) is 39.8. The van der Waals surface area contributed by atoms with Crippen LogP contribution in [0.5, 0.6) is 0 Å². The highest BCUT2D eigenvalue weighted by atomic mass is 16.7. The Morgan fingerprint density at radius 1 is 1.28 bits per heavy atom. The van der Waals surface area contributed by atoms with Crippen LogP contribution in [0.1, 0.15) is 52.9 Å². The molecule has 2 saturated carbocycles. The van der Waals surface area contributed by atoms with Crippen LogP contribution < -0.4 is 0 Å². The number of hydrogen-bond acceptors (Lipinski definition) is 3. The van der Waals surface area contributed by atoms with Crippen LogP contribution in [0.15, 0.2) is 0 Å². The van der Waals surface area contributed by atoms with Gasteiger partial charge in [0.2, 0.25) is 0 Å². The van der Waals surface area contributed by atoms with Gasteiger partial charge in [-0.3, -0.25) is 4.79 Å². The highest BCUT2D eigenvalue weighted by Gasteiger charge is 2.51. The van der Waals surface area contributed by atoms with E-state index < -0.39 is 6.29 Å². The summed E-state index contributed by atoms with van der Waals surface area (Å²) in [5, 5.41) is 0. The quantitative estimate of drug-likeness (QED) is 0.516. The molecule has 0 saturated heterocycles. The molecule has 6 unspecified atom stereocenters. The molecule has 0 aliphatic heterocycles. The van der Waals surface area contributed by atoms with Crippen LogP contribution in [0.3, 0.4) is 0 Å². The van der Waals surface area contributed by atoms with Crippen molar-refractivity contribution in [3.05, 3.63) is 0 Å². The molecular formula is C15H26O3. The van der Waals surface area contributed by atoms with Gasteiger partial charge in [0.15, 0.2) is 6.29 Å². The zero-order chi connectivity index (χ0) is 13.1. The predicted octanol–water partition coefficient (Wildman–Crippen LogP) is 3.37. The van der Waals surface area contributed by atoms with E-state index in [4.69, 9.17) is 9.47 Å². The Balaban J connectivity index is 1.93. The second kappa shape index (κ2) is 6.05. The summed E-state index contributed by atoms with van der Waals surface area (Å²) in [4.78, 5) is 10.3. The summed E-state index contributed by atoms with van der Waals surface area (Å²) in [7, 11) is 0.